The molecule has 4 nitrogen and oxygen atoms in total. The summed E-state index contributed by atoms with van der Waals surface area (Å²) in [6.07, 6.45) is 5.66. The summed E-state index contributed by atoms with van der Waals surface area (Å²) in [6.45, 7) is 2.69. The molecular weight excluding hydrogens is 216 g/mol. The Labute approximate surface area is 101 Å². The van der Waals surface area contributed by atoms with Crippen LogP contribution >= 0.6 is 0 Å². The maximum atomic E-state index is 9.22. The third-order valence-corrected chi connectivity index (χ3v) is 3.77. The van der Waals surface area contributed by atoms with Crippen molar-refractivity contribution < 1.29 is 9.84 Å². The minimum Gasteiger partial charge on any atom is -0.506 e. The number of pyridine rings is 1. The summed E-state index contributed by atoms with van der Waals surface area (Å²) in [6, 6.07) is 4.17. The lowest BCUT2D eigenvalue weighted by molar-refractivity contribution is -0.0592. The molecule has 1 saturated carbocycles. The molecule has 2 unspecified atom stereocenters. The van der Waals surface area contributed by atoms with Gasteiger partial charge in [-0.05, 0) is 31.4 Å². The monoisotopic (exact) mass is 234 g/mol. The number of hydrogen-bond donors (Lipinski definition) is 1. The summed E-state index contributed by atoms with van der Waals surface area (Å²) in [5.74, 6) is 0.231. The van der Waals surface area contributed by atoms with Gasteiger partial charge in [-0.3, -0.25) is 9.88 Å². The summed E-state index contributed by atoms with van der Waals surface area (Å²) in [5, 5.41) is 9.22. The molecule has 17 heavy (non-hydrogen) atoms. The first-order chi connectivity index (χ1) is 8.33. The van der Waals surface area contributed by atoms with Crippen molar-refractivity contribution in [2.45, 2.75) is 38.0 Å². The van der Waals surface area contributed by atoms with E-state index in [2.05, 4.69) is 9.88 Å². The Hall–Kier alpha value is -1.13. The topological polar surface area (TPSA) is 45.6 Å². The number of fused-ring (bicyclic) bond motifs is 1. The van der Waals surface area contributed by atoms with Crippen LogP contribution in [0.3, 0.4) is 0 Å². The molecule has 3 rings (SSSR count). The van der Waals surface area contributed by atoms with E-state index in [1.807, 2.05) is 6.07 Å². The number of nitrogens with zero attached hydrogens (tertiary/aromatic N) is 2. The molecule has 1 saturated heterocycles. The average molecular weight is 234 g/mol. The molecule has 4 heteroatoms. The molecule has 1 aliphatic carbocycles. The summed E-state index contributed by atoms with van der Waals surface area (Å²) in [7, 11) is 0. The van der Waals surface area contributed by atoms with Crippen molar-refractivity contribution >= 4 is 0 Å². The fourth-order valence-electron chi connectivity index (χ4n) is 2.92. The van der Waals surface area contributed by atoms with Gasteiger partial charge in [0.15, 0.2) is 0 Å². The van der Waals surface area contributed by atoms with E-state index in [-0.39, 0.29) is 5.75 Å². The van der Waals surface area contributed by atoms with Crippen LogP contribution in [0.5, 0.6) is 5.75 Å². The van der Waals surface area contributed by atoms with Crippen molar-refractivity contribution in [3.63, 3.8) is 0 Å². The first kappa shape index (κ1) is 11.0. The van der Waals surface area contributed by atoms with E-state index in [1.54, 1.807) is 6.07 Å². The number of ether oxygens (including phenoxy) is 1. The molecule has 0 aromatic carbocycles. The highest BCUT2D eigenvalue weighted by molar-refractivity contribution is 5.18. The average Bonchev–Trinajstić information content (AvgIpc) is 2.81. The third-order valence-electron chi connectivity index (χ3n) is 3.77. The molecule has 0 radical (unpaired) electrons. The Morgan fingerprint density at radius 1 is 1.41 bits per heavy atom. The summed E-state index contributed by atoms with van der Waals surface area (Å²) >= 11 is 0. The molecule has 2 fully saturated rings. The van der Waals surface area contributed by atoms with E-state index in [1.165, 1.54) is 25.5 Å². The molecule has 92 valence electrons. The van der Waals surface area contributed by atoms with Gasteiger partial charge in [0.2, 0.25) is 0 Å². The number of aromatic hydroxyl groups is 1. The van der Waals surface area contributed by atoms with Crippen LogP contribution in [0.15, 0.2) is 18.3 Å². The number of hydrogen-bond acceptors (Lipinski definition) is 4. The Kier molecular flexibility index (Phi) is 2.99. The second-order valence-corrected chi connectivity index (χ2v) is 4.89. The summed E-state index contributed by atoms with van der Waals surface area (Å²) < 4.78 is 5.79. The van der Waals surface area contributed by atoms with Crippen LogP contribution in [0.1, 0.15) is 25.0 Å². The Bertz CT molecular complexity index is 380. The zero-order chi connectivity index (χ0) is 11.7. The van der Waals surface area contributed by atoms with Gasteiger partial charge >= 0.3 is 0 Å². The van der Waals surface area contributed by atoms with E-state index in [9.17, 15) is 5.11 Å². The predicted octanol–water partition coefficient (Wildman–Crippen LogP) is 1.54. The SMILES string of the molecule is Oc1ccc(CN2CCOC3CCCC32)nc1. The van der Waals surface area contributed by atoms with E-state index in [0.29, 0.717) is 12.1 Å². The molecule has 2 atom stereocenters. The van der Waals surface area contributed by atoms with Gasteiger partial charge in [-0.1, -0.05) is 0 Å². The third kappa shape index (κ3) is 2.28. The second kappa shape index (κ2) is 4.63. The zero-order valence-corrected chi connectivity index (χ0v) is 9.88. The molecule has 2 aliphatic rings. The zero-order valence-electron chi connectivity index (χ0n) is 9.88. The number of rotatable bonds is 2. The predicted molar refractivity (Wildman–Crippen MR) is 63.7 cm³/mol. The van der Waals surface area contributed by atoms with Gasteiger partial charge in [0.25, 0.3) is 0 Å². The lowest BCUT2D eigenvalue weighted by Gasteiger charge is -2.37. The lowest BCUT2D eigenvalue weighted by Crippen LogP contribution is -2.47. The molecule has 1 N–H and O–H groups in total. The van der Waals surface area contributed by atoms with Gasteiger partial charge in [-0.25, -0.2) is 0 Å². The highest BCUT2D eigenvalue weighted by Crippen LogP contribution is 2.30. The smallest absolute Gasteiger partial charge is 0.133 e. The van der Waals surface area contributed by atoms with E-state index >= 15 is 0 Å². The second-order valence-electron chi connectivity index (χ2n) is 4.89. The Morgan fingerprint density at radius 2 is 2.35 bits per heavy atom. The minimum absolute atomic E-state index is 0.231. The fraction of sp³-hybridized carbons (Fsp3) is 0.615. The van der Waals surface area contributed by atoms with Gasteiger partial charge in [0.05, 0.1) is 24.6 Å². The van der Waals surface area contributed by atoms with Crippen molar-refractivity contribution in [1.82, 2.24) is 9.88 Å². The van der Waals surface area contributed by atoms with Crippen LogP contribution in [0, 0.1) is 0 Å². The van der Waals surface area contributed by atoms with Crippen LogP contribution in [0.4, 0.5) is 0 Å². The molecule has 0 bridgehead atoms. The Balaban J connectivity index is 1.69. The normalized spacial score (nSPS) is 29.2. The van der Waals surface area contributed by atoms with Gasteiger partial charge in [-0.15, -0.1) is 0 Å². The van der Waals surface area contributed by atoms with Gasteiger partial charge in [-0.2, -0.15) is 0 Å². The van der Waals surface area contributed by atoms with Crippen molar-refractivity contribution in [3.05, 3.63) is 24.0 Å². The van der Waals surface area contributed by atoms with Crippen molar-refractivity contribution in [2.24, 2.45) is 0 Å². The van der Waals surface area contributed by atoms with Crippen LogP contribution < -0.4 is 0 Å². The van der Waals surface area contributed by atoms with E-state index < -0.39 is 0 Å². The highest BCUT2D eigenvalue weighted by Gasteiger charge is 2.35. The highest BCUT2D eigenvalue weighted by atomic mass is 16.5. The molecule has 0 amide bonds. The van der Waals surface area contributed by atoms with Gasteiger partial charge in [0.1, 0.15) is 5.75 Å². The molecule has 1 aromatic heterocycles. The molecule has 1 aliphatic heterocycles. The standard InChI is InChI=1S/C13H18N2O2/c16-11-5-4-10(14-8-11)9-15-6-7-17-13-3-1-2-12(13)15/h4-5,8,12-13,16H,1-3,6-7,9H2. The van der Waals surface area contributed by atoms with Crippen molar-refractivity contribution in [2.75, 3.05) is 13.2 Å². The molecule has 0 spiro atoms. The van der Waals surface area contributed by atoms with Crippen LogP contribution in [0.25, 0.3) is 0 Å². The Morgan fingerprint density at radius 3 is 3.18 bits per heavy atom. The minimum atomic E-state index is 0.231. The van der Waals surface area contributed by atoms with E-state index in [0.717, 1.165) is 25.4 Å². The first-order valence-corrected chi connectivity index (χ1v) is 6.32. The van der Waals surface area contributed by atoms with Crippen LogP contribution in [-0.4, -0.2) is 40.3 Å². The summed E-state index contributed by atoms with van der Waals surface area (Å²) in [5.41, 5.74) is 1.02. The van der Waals surface area contributed by atoms with Crippen molar-refractivity contribution in [3.8, 4) is 5.75 Å². The lowest BCUT2D eigenvalue weighted by atomic mass is 10.1. The van der Waals surface area contributed by atoms with E-state index in [4.69, 9.17) is 4.74 Å². The molecular formula is C13H18N2O2. The largest absolute Gasteiger partial charge is 0.506 e. The van der Waals surface area contributed by atoms with Crippen LogP contribution in [-0.2, 0) is 11.3 Å². The van der Waals surface area contributed by atoms with Crippen LogP contribution in [0.2, 0.25) is 0 Å². The summed E-state index contributed by atoms with van der Waals surface area (Å²) in [4.78, 5) is 6.73. The maximum absolute atomic E-state index is 9.22. The quantitative estimate of drug-likeness (QED) is 0.843. The molecule has 1 aromatic rings. The van der Waals surface area contributed by atoms with Gasteiger partial charge in [0, 0.05) is 19.1 Å². The number of aromatic nitrogens is 1. The van der Waals surface area contributed by atoms with Crippen molar-refractivity contribution in [1.29, 1.82) is 0 Å². The fourth-order valence-corrected chi connectivity index (χ4v) is 2.92. The van der Waals surface area contributed by atoms with Gasteiger partial charge < -0.3 is 9.84 Å². The molecule has 2 heterocycles. The maximum Gasteiger partial charge on any atom is 0.133 e. The first-order valence-electron chi connectivity index (χ1n) is 6.32. The number of morpholine rings is 1.